The van der Waals surface area contributed by atoms with Crippen LogP contribution in [-0.4, -0.2) is 23.3 Å². The first kappa shape index (κ1) is 23.6. The van der Waals surface area contributed by atoms with Gasteiger partial charge in [-0.25, -0.2) is 4.79 Å². The van der Waals surface area contributed by atoms with E-state index in [0.29, 0.717) is 34.5 Å². The zero-order chi connectivity index (χ0) is 24.0. The lowest BCUT2D eigenvalue weighted by Gasteiger charge is -2.64. The first-order valence-corrected chi connectivity index (χ1v) is 13.6. The summed E-state index contributed by atoms with van der Waals surface area (Å²) in [5, 5.41) is 10.8. The highest BCUT2D eigenvalue weighted by Gasteiger charge is 2.65. The Bertz CT molecular complexity index is 898. The third-order valence-electron chi connectivity index (χ3n) is 12.2. The van der Waals surface area contributed by atoms with Crippen LogP contribution in [0.2, 0.25) is 0 Å². The van der Waals surface area contributed by atoms with E-state index in [-0.39, 0.29) is 29.0 Å². The highest BCUT2D eigenvalue weighted by Crippen LogP contribution is 2.73. The summed E-state index contributed by atoms with van der Waals surface area (Å²) in [6.45, 7) is 16.6. The number of allylic oxidation sites excluding steroid dienone is 2. The third kappa shape index (κ3) is 3.13. The van der Waals surface area contributed by atoms with Crippen molar-refractivity contribution in [3.8, 4) is 0 Å². The third-order valence-corrected chi connectivity index (χ3v) is 12.2. The Morgan fingerprint density at radius 2 is 1.82 bits per heavy atom. The van der Waals surface area contributed by atoms with Crippen molar-refractivity contribution in [3.05, 3.63) is 23.3 Å². The fraction of sp³-hybridized carbons (Fsp3) is 0.833. The fourth-order valence-electron chi connectivity index (χ4n) is 9.91. The molecule has 0 amide bonds. The maximum absolute atomic E-state index is 11.9. The van der Waals surface area contributed by atoms with Crippen molar-refractivity contribution in [2.75, 3.05) is 0 Å². The SMILES string of the molecule is CC1=CC(CC(C)C2CCC3(C)C4=CCC5C(C)(C)C(O)CCC5(C)C4CCC23C)OC1=O. The number of carbonyl (C=O) groups excluding carboxylic acids is 1. The van der Waals surface area contributed by atoms with Gasteiger partial charge in [0.05, 0.1) is 6.10 Å². The molecule has 0 saturated heterocycles. The molecule has 1 N–H and O–H groups in total. The van der Waals surface area contributed by atoms with Gasteiger partial charge < -0.3 is 9.84 Å². The van der Waals surface area contributed by atoms with E-state index >= 15 is 0 Å². The number of fused-ring (bicyclic) bond motifs is 5. The smallest absolute Gasteiger partial charge is 0.334 e. The van der Waals surface area contributed by atoms with Gasteiger partial charge in [0.25, 0.3) is 0 Å². The molecule has 9 unspecified atom stereocenters. The highest BCUT2D eigenvalue weighted by molar-refractivity contribution is 5.90. The number of hydrogen-bond donors (Lipinski definition) is 1. The van der Waals surface area contributed by atoms with E-state index in [1.807, 2.05) is 13.0 Å². The van der Waals surface area contributed by atoms with Crippen LogP contribution in [0.1, 0.15) is 99.8 Å². The molecule has 1 heterocycles. The van der Waals surface area contributed by atoms with E-state index in [1.165, 1.54) is 25.7 Å². The molecule has 1 aliphatic heterocycles. The van der Waals surface area contributed by atoms with Gasteiger partial charge in [-0.05, 0) is 110 Å². The van der Waals surface area contributed by atoms with Gasteiger partial charge in [-0.1, -0.05) is 53.2 Å². The Morgan fingerprint density at radius 1 is 1.09 bits per heavy atom. The molecule has 0 aromatic carbocycles. The molecule has 0 spiro atoms. The Hall–Kier alpha value is -1.09. The molecule has 4 aliphatic carbocycles. The number of carbonyl (C=O) groups is 1. The van der Waals surface area contributed by atoms with Crippen molar-refractivity contribution in [2.24, 2.45) is 45.3 Å². The van der Waals surface area contributed by atoms with Crippen LogP contribution in [0.15, 0.2) is 23.3 Å². The summed E-state index contributed by atoms with van der Waals surface area (Å²) in [5.41, 5.74) is 3.41. The van der Waals surface area contributed by atoms with Gasteiger partial charge in [0.1, 0.15) is 6.10 Å². The van der Waals surface area contributed by atoms with Crippen molar-refractivity contribution in [1.29, 1.82) is 0 Å². The quantitative estimate of drug-likeness (QED) is 0.375. The lowest BCUT2D eigenvalue weighted by Crippen LogP contribution is -2.58. The van der Waals surface area contributed by atoms with Crippen molar-refractivity contribution in [3.63, 3.8) is 0 Å². The molecule has 9 atom stereocenters. The van der Waals surface area contributed by atoms with Gasteiger partial charge in [0.2, 0.25) is 0 Å². The van der Waals surface area contributed by atoms with Crippen LogP contribution in [0.4, 0.5) is 0 Å². The second kappa shape index (κ2) is 7.45. The minimum atomic E-state index is -0.172. The Labute approximate surface area is 201 Å². The highest BCUT2D eigenvalue weighted by atomic mass is 16.5. The van der Waals surface area contributed by atoms with Gasteiger partial charge in [-0.2, -0.15) is 0 Å². The van der Waals surface area contributed by atoms with Crippen LogP contribution in [0.3, 0.4) is 0 Å². The van der Waals surface area contributed by atoms with Gasteiger partial charge in [-0.3, -0.25) is 0 Å². The van der Waals surface area contributed by atoms with Crippen LogP contribution in [0.5, 0.6) is 0 Å². The second-order valence-electron chi connectivity index (χ2n) is 13.8. The molecule has 0 aromatic heterocycles. The Morgan fingerprint density at radius 3 is 2.48 bits per heavy atom. The number of ether oxygens (including phenoxy) is 1. The molecule has 33 heavy (non-hydrogen) atoms. The van der Waals surface area contributed by atoms with Gasteiger partial charge in [0.15, 0.2) is 0 Å². The molecule has 3 nitrogen and oxygen atoms in total. The van der Waals surface area contributed by atoms with Crippen molar-refractivity contribution in [1.82, 2.24) is 0 Å². The lowest BCUT2D eigenvalue weighted by molar-refractivity contribution is -0.140. The molecule has 0 bridgehead atoms. The molecule has 3 saturated carbocycles. The van der Waals surface area contributed by atoms with Crippen LogP contribution in [-0.2, 0) is 9.53 Å². The number of esters is 1. The van der Waals surface area contributed by atoms with Crippen LogP contribution < -0.4 is 0 Å². The standard InChI is InChI=1S/C30H46O3/c1-18(16-20-17-19(2)26(32)33-20)21-10-14-30(7)23-8-9-24-27(3,4)25(31)12-13-28(24,5)22(23)11-15-29(21,30)6/h8,17-18,20-22,24-25,31H,9-16H2,1-7H3. The average Bonchev–Trinajstić information content (AvgIpc) is 3.20. The number of cyclic esters (lactones) is 1. The number of hydrogen-bond acceptors (Lipinski definition) is 3. The molecular formula is C30H46O3. The molecule has 3 fully saturated rings. The maximum Gasteiger partial charge on any atom is 0.334 e. The fourth-order valence-corrected chi connectivity index (χ4v) is 9.91. The van der Waals surface area contributed by atoms with E-state index in [1.54, 1.807) is 5.57 Å². The molecular weight excluding hydrogens is 408 g/mol. The molecule has 0 aromatic rings. The summed E-state index contributed by atoms with van der Waals surface area (Å²) in [5.74, 6) is 2.32. The maximum atomic E-state index is 11.9. The summed E-state index contributed by atoms with van der Waals surface area (Å²) < 4.78 is 5.62. The van der Waals surface area contributed by atoms with E-state index in [9.17, 15) is 9.90 Å². The van der Waals surface area contributed by atoms with Crippen LogP contribution in [0.25, 0.3) is 0 Å². The molecule has 5 aliphatic rings. The summed E-state index contributed by atoms with van der Waals surface area (Å²) >= 11 is 0. The molecule has 0 radical (unpaired) electrons. The predicted molar refractivity (Wildman–Crippen MR) is 132 cm³/mol. The monoisotopic (exact) mass is 454 g/mol. The largest absolute Gasteiger partial charge is 0.455 e. The van der Waals surface area contributed by atoms with Crippen molar-refractivity contribution in [2.45, 2.75) is 112 Å². The number of rotatable bonds is 3. The Kier molecular flexibility index (Phi) is 5.34. The first-order chi connectivity index (χ1) is 15.3. The predicted octanol–water partition coefficient (Wildman–Crippen LogP) is 6.85. The number of aliphatic hydroxyl groups is 1. The van der Waals surface area contributed by atoms with Crippen LogP contribution >= 0.6 is 0 Å². The topological polar surface area (TPSA) is 46.5 Å². The minimum absolute atomic E-state index is 0.00617. The summed E-state index contributed by atoms with van der Waals surface area (Å²) in [4.78, 5) is 11.9. The Balaban J connectivity index is 1.42. The molecule has 5 rings (SSSR count). The molecule has 184 valence electrons. The first-order valence-electron chi connectivity index (χ1n) is 13.6. The van der Waals surface area contributed by atoms with E-state index in [0.717, 1.165) is 31.3 Å². The normalized spacial score (nSPS) is 49.3. The van der Waals surface area contributed by atoms with E-state index < -0.39 is 0 Å². The zero-order valence-corrected chi connectivity index (χ0v) is 22.0. The van der Waals surface area contributed by atoms with Gasteiger partial charge in [0, 0.05) is 5.57 Å². The number of aliphatic hydroxyl groups excluding tert-OH is 1. The van der Waals surface area contributed by atoms with E-state index in [2.05, 4.69) is 47.6 Å². The second-order valence-corrected chi connectivity index (χ2v) is 13.8. The van der Waals surface area contributed by atoms with Gasteiger partial charge in [-0.15, -0.1) is 0 Å². The van der Waals surface area contributed by atoms with Crippen molar-refractivity contribution < 1.29 is 14.6 Å². The summed E-state index contributed by atoms with van der Waals surface area (Å²) in [6.07, 6.45) is 13.8. The van der Waals surface area contributed by atoms with E-state index in [4.69, 9.17) is 4.74 Å². The minimum Gasteiger partial charge on any atom is -0.455 e. The van der Waals surface area contributed by atoms with Crippen LogP contribution in [0, 0.1) is 45.3 Å². The average molecular weight is 455 g/mol. The summed E-state index contributed by atoms with van der Waals surface area (Å²) in [6, 6.07) is 0. The molecule has 3 heteroatoms. The summed E-state index contributed by atoms with van der Waals surface area (Å²) in [7, 11) is 0. The lowest BCUT2D eigenvalue weighted by atomic mass is 9.41. The zero-order valence-electron chi connectivity index (χ0n) is 22.0. The van der Waals surface area contributed by atoms with Gasteiger partial charge >= 0.3 is 5.97 Å². The van der Waals surface area contributed by atoms with Crippen molar-refractivity contribution >= 4 is 5.97 Å².